The second-order valence-electron chi connectivity index (χ2n) is 8.62. The van der Waals surface area contributed by atoms with Gasteiger partial charge in [0.25, 0.3) is 0 Å². The molecule has 7 nitrogen and oxygen atoms in total. The first-order valence-corrected chi connectivity index (χ1v) is 8.90. The Morgan fingerprint density at radius 1 is 1.28 bits per heavy atom. The molecule has 0 aliphatic carbocycles. The van der Waals surface area contributed by atoms with Crippen LogP contribution in [0.3, 0.4) is 0 Å². The topological polar surface area (TPSA) is 83.1 Å². The van der Waals surface area contributed by atoms with Crippen LogP contribution < -0.4 is 5.32 Å². The van der Waals surface area contributed by atoms with Gasteiger partial charge in [0.1, 0.15) is 23.9 Å². The first-order chi connectivity index (χ1) is 11.4. The van der Waals surface area contributed by atoms with Crippen LogP contribution in [0, 0.1) is 5.92 Å². The first-order valence-electron chi connectivity index (χ1n) is 8.90. The summed E-state index contributed by atoms with van der Waals surface area (Å²) in [5, 5.41) is 3.19. The standard InChI is InChI=1S/C18H31NO6/c1-10(2)8-11(15(20)25-17(3,4)5)19-9-12-13-14(16(21)22-12)24-18(6,7)23-13/h10-14,19H,8-9H2,1-7H3/t11-,12+,13+,14+/m0/s1. The Balaban J connectivity index is 1.98. The van der Waals surface area contributed by atoms with E-state index in [4.69, 9.17) is 18.9 Å². The quantitative estimate of drug-likeness (QED) is 0.726. The lowest BCUT2D eigenvalue weighted by atomic mass is 10.0. The van der Waals surface area contributed by atoms with Gasteiger partial charge in [-0.2, -0.15) is 0 Å². The highest BCUT2D eigenvalue weighted by molar-refractivity contribution is 5.79. The van der Waals surface area contributed by atoms with Crippen molar-refractivity contribution in [3.63, 3.8) is 0 Å². The fourth-order valence-corrected chi connectivity index (χ4v) is 3.05. The predicted octanol–water partition coefficient (Wildman–Crippen LogP) is 1.78. The maximum absolute atomic E-state index is 12.4. The molecule has 4 atom stereocenters. The second kappa shape index (κ2) is 7.21. The van der Waals surface area contributed by atoms with E-state index in [0.29, 0.717) is 18.9 Å². The van der Waals surface area contributed by atoms with E-state index in [1.807, 2.05) is 34.6 Å². The van der Waals surface area contributed by atoms with Gasteiger partial charge in [-0.05, 0) is 47.0 Å². The number of hydrogen-bond acceptors (Lipinski definition) is 7. The summed E-state index contributed by atoms with van der Waals surface area (Å²) in [6.45, 7) is 13.5. The molecule has 2 heterocycles. The summed E-state index contributed by atoms with van der Waals surface area (Å²) in [6.07, 6.45) is -1.02. The highest BCUT2D eigenvalue weighted by Gasteiger charge is 2.55. The summed E-state index contributed by atoms with van der Waals surface area (Å²) in [4.78, 5) is 24.4. The highest BCUT2D eigenvalue weighted by atomic mass is 16.8. The molecule has 25 heavy (non-hydrogen) atoms. The molecule has 7 heteroatoms. The minimum Gasteiger partial charge on any atom is -0.459 e. The van der Waals surface area contributed by atoms with Crippen LogP contribution in [0.4, 0.5) is 0 Å². The molecule has 0 aromatic heterocycles. The highest BCUT2D eigenvalue weighted by Crippen LogP contribution is 2.35. The Morgan fingerprint density at radius 2 is 1.92 bits per heavy atom. The third kappa shape index (κ3) is 5.39. The van der Waals surface area contributed by atoms with Gasteiger partial charge in [0.15, 0.2) is 11.9 Å². The van der Waals surface area contributed by atoms with E-state index in [1.165, 1.54) is 0 Å². The summed E-state index contributed by atoms with van der Waals surface area (Å²) >= 11 is 0. The summed E-state index contributed by atoms with van der Waals surface area (Å²) in [6, 6.07) is -0.465. The summed E-state index contributed by atoms with van der Waals surface area (Å²) in [5.41, 5.74) is -0.550. The molecule has 2 rings (SSSR count). The van der Waals surface area contributed by atoms with Crippen molar-refractivity contribution in [1.29, 1.82) is 0 Å². The van der Waals surface area contributed by atoms with Gasteiger partial charge in [-0.3, -0.25) is 4.79 Å². The van der Waals surface area contributed by atoms with Crippen molar-refractivity contribution >= 4 is 11.9 Å². The molecule has 0 bridgehead atoms. The van der Waals surface area contributed by atoms with Crippen LogP contribution in [0.1, 0.15) is 54.9 Å². The fraction of sp³-hybridized carbons (Fsp3) is 0.889. The number of rotatable bonds is 6. The number of ether oxygens (including phenoxy) is 4. The molecule has 0 aromatic carbocycles. The molecule has 0 unspecified atom stereocenters. The second-order valence-corrected chi connectivity index (χ2v) is 8.62. The zero-order chi connectivity index (χ0) is 19.0. The number of carbonyl (C=O) groups excluding carboxylic acids is 2. The van der Waals surface area contributed by atoms with Crippen LogP contribution in [0.15, 0.2) is 0 Å². The minimum absolute atomic E-state index is 0.300. The van der Waals surface area contributed by atoms with Crippen LogP contribution in [-0.2, 0) is 28.5 Å². The summed E-state index contributed by atoms with van der Waals surface area (Å²) in [7, 11) is 0. The van der Waals surface area contributed by atoms with E-state index < -0.39 is 41.7 Å². The Bertz CT molecular complexity index is 510. The normalized spacial score (nSPS) is 29.4. The molecule has 0 saturated carbocycles. The summed E-state index contributed by atoms with van der Waals surface area (Å²) < 4.78 is 22.2. The average Bonchev–Trinajstić information content (AvgIpc) is 2.87. The monoisotopic (exact) mass is 357 g/mol. The number of hydrogen-bond donors (Lipinski definition) is 1. The molecule has 2 aliphatic rings. The van der Waals surface area contributed by atoms with Gasteiger partial charge >= 0.3 is 11.9 Å². The van der Waals surface area contributed by atoms with Gasteiger partial charge in [0.2, 0.25) is 0 Å². The Labute approximate surface area is 149 Å². The molecule has 0 amide bonds. The van der Waals surface area contributed by atoms with E-state index in [9.17, 15) is 9.59 Å². The zero-order valence-electron chi connectivity index (χ0n) is 16.3. The molecular formula is C18H31NO6. The molecule has 144 valence electrons. The summed E-state index contributed by atoms with van der Waals surface area (Å²) in [5.74, 6) is -1.21. The van der Waals surface area contributed by atoms with Gasteiger partial charge in [-0.25, -0.2) is 4.79 Å². The van der Waals surface area contributed by atoms with E-state index in [2.05, 4.69) is 5.32 Å². The van der Waals surface area contributed by atoms with Crippen LogP contribution in [0.25, 0.3) is 0 Å². The third-order valence-electron chi connectivity index (χ3n) is 3.96. The van der Waals surface area contributed by atoms with Crippen molar-refractivity contribution in [2.24, 2.45) is 5.92 Å². The molecule has 1 N–H and O–H groups in total. The molecule has 0 aromatic rings. The molecule has 0 spiro atoms. The minimum atomic E-state index is -0.810. The van der Waals surface area contributed by atoms with Crippen LogP contribution in [0.5, 0.6) is 0 Å². The van der Waals surface area contributed by atoms with Gasteiger partial charge in [-0.15, -0.1) is 0 Å². The van der Waals surface area contributed by atoms with Crippen molar-refractivity contribution in [2.75, 3.05) is 6.54 Å². The lowest BCUT2D eigenvalue weighted by Gasteiger charge is -2.27. The van der Waals surface area contributed by atoms with Gasteiger partial charge in [0, 0.05) is 6.54 Å². The maximum Gasteiger partial charge on any atom is 0.338 e. The maximum atomic E-state index is 12.4. The van der Waals surface area contributed by atoms with Crippen molar-refractivity contribution < 1.29 is 28.5 Å². The number of nitrogens with one attached hydrogen (secondary N) is 1. The van der Waals surface area contributed by atoms with Gasteiger partial charge in [-0.1, -0.05) is 13.8 Å². The molecular weight excluding hydrogens is 326 g/mol. The number of esters is 2. The van der Waals surface area contributed by atoms with Crippen molar-refractivity contribution in [3.05, 3.63) is 0 Å². The van der Waals surface area contributed by atoms with Crippen LogP contribution in [-0.4, -0.2) is 54.2 Å². The Morgan fingerprint density at radius 3 is 2.48 bits per heavy atom. The molecule has 2 aliphatic heterocycles. The SMILES string of the molecule is CC(C)C[C@H](NC[C@H]1OC(=O)[C@@H]2OC(C)(C)O[C@H]12)C(=O)OC(C)(C)C. The molecule has 2 fully saturated rings. The van der Waals surface area contributed by atoms with Crippen LogP contribution >= 0.6 is 0 Å². The van der Waals surface area contributed by atoms with E-state index in [0.717, 1.165) is 0 Å². The molecule has 0 radical (unpaired) electrons. The third-order valence-corrected chi connectivity index (χ3v) is 3.96. The van der Waals surface area contributed by atoms with E-state index >= 15 is 0 Å². The first kappa shape index (κ1) is 20.1. The number of fused-ring (bicyclic) bond motifs is 1. The van der Waals surface area contributed by atoms with Crippen molar-refractivity contribution in [3.8, 4) is 0 Å². The lowest BCUT2D eigenvalue weighted by Crippen LogP contribution is -2.47. The average molecular weight is 357 g/mol. The number of carbonyl (C=O) groups is 2. The van der Waals surface area contributed by atoms with Crippen LogP contribution in [0.2, 0.25) is 0 Å². The molecule has 2 saturated heterocycles. The largest absolute Gasteiger partial charge is 0.459 e. The van der Waals surface area contributed by atoms with E-state index in [1.54, 1.807) is 13.8 Å². The van der Waals surface area contributed by atoms with Crippen molar-refractivity contribution in [2.45, 2.75) is 90.6 Å². The Hall–Kier alpha value is -1.18. The Kier molecular flexibility index (Phi) is 5.81. The predicted molar refractivity (Wildman–Crippen MR) is 90.8 cm³/mol. The smallest absolute Gasteiger partial charge is 0.338 e. The van der Waals surface area contributed by atoms with Gasteiger partial charge in [0.05, 0.1) is 0 Å². The van der Waals surface area contributed by atoms with Gasteiger partial charge < -0.3 is 24.3 Å². The lowest BCUT2D eigenvalue weighted by molar-refractivity contribution is -0.186. The fourth-order valence-electron chi connectivity index (χ4n) is 3.05. The number of cyclic esters (lactones) is 1. The van der Waals surface area contributed by atoms with E-state index in [-0.39, 0.29) is 5.97 Å². The zero-order valence-corrected chi connectivity index (χ0v) is 16.3. The van der Waals surface area contributed by atoms with Crippen molar-refractivity contribution in [1.82, 2.24) is 5.32 Å².